The van der Waals surface area contributed by atoms with E-state index in [1.807, 2.05) is 81.4 Å². The monoisotopic (exact) mass is 1240 g/mol. The van der Waals surface area contributed by atoms with Crippen molar-refractivity contribution in [3.05, 3.63) is 12.2 Å². The zero-order valence-electron chi connectivity index (χ0n) is 57.3. The molecule has 0 aromatic carbocycles. The Labute approximate surface area is 525 Å². The van der Waals surface area contributed by atoms with Crippen LogP contribution in [0.3, 0.4) is 0 Å². The van der Waals surface area contributed by atoms with Gasteiger partial charge in [0.15, 0.2) is 0 Å². The molecular weight excluding hydrogens is 1130 g/mol. The van der Waals surface area contributed by atoms with Gasteiger partial charge in [0.2, 0.25) is 65.3 Å². The van der Waals surface area contributed by atoms with Crippen molar-refractivity contribution in [3.63, 3.8) is 0 Å². The molecule has 88 heavy (non-hydrogen) atoms. The van der Waals surface area contributed by atoms with Crippen molar-refractivity contribution in [2.45, 2.75) is 228 Å². The molecule has 2 fully saturated rings. The highest BCUT2D eigenvalue weighted by molar-refractivity contribution is 6.00. The van der Waals surface area contributed by atoms with Crippen molar-refractivity contribution in [2.75, 3.05) is 62.5 Å². The number of nitrogens with two attached hydrogens (primary N) is 1. The van der Waals surface area contributed by atoms with Gasteiger partial charge < -0.3 is 70.8 Å². The highest BCUT2D eigenvalue weighted by Crippen LogP contribution is 2.30. The predicted octanol–water partition coefficient (Wildman–Crippen LogP) is 2.34. The van der Waals surface area contributed by atoms with E-state index in [-0.39, 0.29) is 68.9 Å². The maximum Gasteiger partial charge on any atom is 0.273 e. The summed E-state index contributed by atoms with van der Waals surface area (Å²) in [6.45, 7) is 27.9. The van der Waals surface area contributed by atoms with Crippen LogP contribution in [0.4, 0.5) is 0 Å². The number of nitrogens with one attached hydrogen (secondary N) is 4. The van der Waals surface area contributed by atoms with E-state index in [9.17, 15) is 33.6 Å². The van der Waals surface area contributed by atoms with Crippen LogP contribution >= 0.6 is 0 Å². The number of nitrogens with zero attached hydrogens (tertiary/aromatic N) is 7. The molecule has 11 amide bonds. The van der Waals surface area contributed by atoms with Crippen molar-refractivity contribution >= 4 is 65.0 Å². The molecule has 2 unspecified atom stereocenters. The number of ether oxygens (including phenoxy) is 2. The predicted molar refractivity (Wildman–Crippen MR) is 336 cm³/mol. The molecular formula is C63H112N12O13. The van der Waals surface area contributed by atoms with Crippen molar-refractivity contribution in [3.8, 4) is 0 Å². The number of carbonyl (C=O) groups is 11. The Kier molecular flexibility index (Phi) is 31.2. The normalized spacial score (nSPS) is 29.1. The Morgan fingerprint density at radius 2 is 0.920 bits per heavy atom. The zero-order valence-corrected chi connectivity index (χ0v) is 57.3. The molecule has 0 radical (unpaired) electrons. The van der Waals surface area contributed by atoms with Gasteiger partial charge >= 0.3 is 0 Å². The Morgan fingerprint density at radius 1 is 0.489 bits per heavy atom. The number of carbonyl (C=O) groups excluding carboxylic acids is 11. The minimum absolute atomic E-state index is 0.00149. The molecule has 25 heteroatoms. The summed E-state index contributed by atoms with van der Waals surface area (Å²) in [5, 5.41) is 11.1. The van der Waals surface area contributed by atoms with Gasteiger partial charge in [0, 0.05) is 55.9 Å². The third-order valence-corrected chi connectivity index (χ3v) is 16.7. The molecule has 2 aliphatic heterocycles. The number of allylic oxidation sites excluding steroid dienone is 2. The highest BCUT2D eigenvalue weighted by Gasteiger charge is 2.50. The molecule has 502 valence electrons. The van der Waals surface area contributed by atoms with Crippen LogP contribution in [-0.2, 0) is 62.2 Å². The number of likely N-dealkylation sites (N-methyl/N-ethyl adjacent to an activating group) is 7. The van der Waals surface area contributed by atoms with Crippen LogP contribution in [-0.4, -0.2) is 241 Å². The van der Waals surface area contributed by atoms with Gasteiger partial charge in [-0.2, -0.15) is 0 Å². The largest absolute Gasteiger partial charge is 0.370 e. The second-order valence-corrected chi connectivity index (χ2v) is 26.4. The molecule has 2 aliphatic rings. The standard InChI is InChI=1S/C63H112N12O13/c1-24-26-27-39(13)51-50-55(79)67-43(25-2)57(81)75(23)63(87-29-28-64)62(86)70(18)45(31-35(5)6)54(78)68-48(38(11)12)60(84)69(17)44(30-34(3)4)53(77)65-40(14)52(76)66-41(15)56(80)71(19)46(32-36(7)8)58(82)72(20)47(33-37(9)10)59(83)73(21)49(42(16)88-51)61(85)74(50)22/h24,26,34-51,63H,25,27-33,64H2,1-23H3,(H,65,77)(H,66,76)(H,67,79)(H,68,78)/b26-24+/t39-,40+,41-,42?,43+,44+,45+,46+,47+,48+,49+,50?,51-,63-/m1/s1. The topological polar surface area (TPSA) is 303 Å². The Balaban J connectivity index is 3.05. The molecule has 0 aromatic heterocycles. The summed E-state index contributed by atoms with van der Waals surface area (Å²) in [7, 11) is 9.91. The van der Waals surface area contributed by atoms with E-state index >= 15 is 19.2 Å². The Hall–Kier alpha value is -6.21. The average molecular weight is 1250 g/mol. The lowest BCUT2D eigenvalue weighted by atomic mass is 9.92. The summed E-state index contributed by atoms with van der Waals surface area (Å²) < 4.78 is 12.8. The van der Waals surface area contributed by atoms with Crippen molar-refractivity contribution in [1.29, 1.82) is 0 Å². The van der Waals surface area contributed by atoms with E-state index in [1.54, 1.807) is 27.7 Å². The van der Waals surface area contributed by atoms with Crippen LogP contribution in [0.15, 0.2) is 12.2 Å². The fourth-order valence-corrected chi connectivity index (χ4v) is 11.4. The lowest BCUT2D eigenvalue weighted by molar-refractivity contribution is -0.167. The number of hydrogen-bond donors (Lipinski definition) is 5. The fourth-order valence-electron chi connectivity index (χ4n) is 11.4. The van der Waals surface area contributed by atoms with E-state index < -0.39 is 156 Å². The van der Waals surface area contributed by atoms with Gasteiger partial charge in [-0.3, -0.25) is 52.7 Å². The first-order valence-electron chi connectivity index (χ1n) is 31.5. The summed E-state index contributed by atoms with van der Waals surface area (Å²) in [4.78, 5) is 171. The van der Waals surface area contributed by atoms with Gasteiger partial charge in [0.05, 0.1) is 18.8 Å². The molecule has 0 aromatic rings. The molecule has 0 saturated carbocycles. The second-order valence-electron chi connectivity index (χ2n) is 26.4. The summed E-state index contributed by atoms with van der Waals surface area (Å²) in [6, 6.07) is -12.4. The molecule has 2 saturated heterocycles. The second kappa shape index (κ2) is 35.3. The SMILES string of the molecule is C/C=C/C[C@@H](C)[C@H]1OC(C)[C@H]2C(=O)N(C)C1C(=O)N[C@@H](CC)C(=O)N(C)[C@H](OCCN)C(=O)N(C)[C@@H](CC(C)C)C(=O)N[C@@H](C(C)C)C(=O)N(C)[C@@H](CC(C)C)C(=O)N[C@@H](C)C(=O)N[C@H](C)C(=O)N(C)[C@@H](CC(C)C)C(=O)N(C)[C@@H](CC(C)C)C(=O)N2C. The molecule has 6 N–H and O–H groups in total. The molecule has 0 spiro atoms. The summed E-state index contributed by atoms with van der Waals surface area (Å²) in [5.41, 5.74) is 5.90. The summed E-state index contributed by atoms with van der Waals surface area (Å²) in [6.07, 6.45) is 0.959. The molecule has 25 nitrogen and oxygen atoms in total. The molecule has 2 bridgehead atoms. The number of amides is 11. The maximum atomic E-state index is 15.2. The van der Waals surface area contributed by atoms with Crippen molar-refractivity contribution < 1.29 is 62.2 Å². The lowest BCUT2D eigenvalue weighted by Gasteiger charge is -2.39. The molecule has 14 atom stereocenters. The first-order valence-corrected chi connectivity index (χ1v) is 31.5. The molecule has 2 rings (SSSR count). The van der Waals surface area contributed by atoms with Crippen LogP contribution in [0.1, 0.15) is 149 Å². The van der Waals surface area contributed by atoms with E-state index in [0.717, 1.165) is 9.80 Å². The number of hydrogen-bond acceptors (Lipinski definition) is 14. The van der Waals surface area contributed by atoms with Crippen LogP contribution in [0.2, 0.25) is 0 Å². The Morgan fingerprint density at radius 3 is 1.39 bits per heavy atom. The first-order chi connectivity index (χ1) is 40.8. The van der Waals surface area contributed by atoms with Crippen molar-refractivity contribution in [1.82, 2.24) is 55.6 Å². The van der Waals surface area contributed by atoms with Gasteiger partial charge in [-0.1, -0.05) is 95.2 Å². The van der Waals surface area contributed by atoms with Gasteiger partial charge in [0.1, 0.15) is 60.4 Å². The third-order valence-electron chi connectivity index (χ3n) is 16.7. The van der Waals surface area contributed by atoms with Crippen LogP contribution < -0.4 is 27.0 Å². The minimum atomic E-state index is -1.69. The van der Waals surface area contributed by atoms with E-state index in [4.69, 9.17) is 15.2 Å². The quantitative estimate of drug-likeness (QED) is 0.139. The van der Waals surface area contributed by atoms with Gasteiger partial charge in [0.25, 0.3) is 5.91 Å². The maximum absolute atomic E-state index is 15.2. The number of fused-ring (bicyclic) bond motifs is 3. The third kappa shape index (κ3) is 20.4. The molecule has 0 aliphatic carbocycles. The van der Waals surface area contributed by atoms with Crippen LogP contribution in [0.25, 0.3) is 0 Å². The van der Waals surface area contributed by atoms with Gasteiger partial charge in [-0.25, -0.2) is 0 Å². The van der Waals surface area contributed by atoms with Gasteiger partial charge in [-0.05, 0) is 102 Å². The van der Waals surface area contributed by atoms with Crippen LogP contribution in [0, 0.1) is 35.5 Å². The highest BCUT2D eigenvalue weighted by atomic mass is 16.5. The van der Waals surface area contributed by atoms with E-state index in [1.165, 1.54) is 87.7 Å². The zero-order chi connectivity index (χ0) is 67.7. The Bertz CT molecular complexity index is 2440. The average Bonchev–Trinajstić information content (AvgIpc) is 3.34. The number of rotatable bonds is 16. The van der Waals surface area contributed by atoms with Gasteiger partial charge in [-0.15, -0.1) is 0 Å². The smallest absolute Gasteiger partial charge is 0.273 e. The fraction of sp³-hybridized carbons (Fsp3) is 0.794. The summed E-state index contributed by atoms with van der Waals surface area (Å²) >= 11 is 0. The summed E-state index contributed by atoms with van der Waals surface area (Å²) in [5.74, 6) is -9.24. The minimum Gasteiger partial charge on any atom is -0.370 e. The molecule has 2 heterocycles. The lowest BCUT2D eigenvalue weighted by Crippen LogP contribution is -2.62. The van der Waals surface area contributed by atoms with Crippen molar-refractivity contribution in [2.24, 2.45) is 41.2 Å². The van der Waals surface area contributed by atoms with E-state index in [0.29, 0.717) is 6.42 Å². The van der Waals surface area contributed by atoms with Crippen LogP contribution in [0.5, 0.6) is 0 Å². The van der Waals surface area contributed by atoms with E-state index in [2.05, 4.69) is 21.3 Å². The first kappa shape index (κ1) is 77.9.